The lowest BCUT2D eigenvalue weighted by Crippen LogP contribution is -2.60. The zero-order valence-corrected chi connectivity index (χ0v) is 11.6. The molecule has 0 spiro atoms. The van der Waals surface area contributed by atoms with Gasteiger partial charge >= 0.3 is 5.97 Å². The molecule has 1 unspecified atom stereocenters. The summed E-state index contributed by atoms with van der Waals surface area (Å²) >= 11 is 0. The van der Waals surface area contributed by atoms with Gasteiger partial charge in [-0.15, -0.1) is 0 Å². The molecule has 2 rings (SSSR count). The Morgan fingerprint density at radius 1 is 1.33 bits per heavy atom. The second-order valence-electron chi connectivity index (χ2n) is 5.18. The lowest BCUT2D eigenvalue weighted by molar-refractivity contribution is -0.131. The highest BCUT2D eigenvalue weighted by Gasteiger charge is 2.35. The van der Waals surface area contributed by atoms with Crippen LogP contribution in [0.25, 0.3) is 6.08 Å². The van der Waals surface area contributed by atoms with Crippen LogP contribution in [0.3, 0.4) is 0 Å². The van der Waals surface area contributed by atoms with E-state index in [1.165, 1.54) is 6.08 Å². The van der Waals surface area contributed by atoms with Crippen LogP contribution in [-0.2, 0) is 9.59 Å². The fourth-order valence-corrected chi connectivity index (χ4v) is 2.22. The minimum Gasteiger partial charge on any atom is -0.478 e. The molecule has 0 radical (unpaired) electrons. The van der Waals surface area contributed by atoms with Gasteiger partial charge in [-0.2, -0.15) is 0 Å². The molecule has 1 aromatic rings. The van der Waals surface area contributed by atoms with Crippen LogP contribution in [0.2, 0.25) is 0 Å². The van der Waals surface area contributed by atoms with Gasteiger partial charge in [-0.3, -0.25) is 4.79 Å². The molecule has 112 valence electrons. The maximum atomic E-state index is 12.2. The van der Waals surface area contributed by atoms with E-state index in [9.17, 15) is 9.59 Å². The lowest BCUT2D eigenvalue weighted by atomic mass is 9.90. The molecule has 1 atom stereocenters. The van der Waals surface area contributed by atoms with E-state index in [1.807, 2.05) is 0 Å². The van der Waals surface area contributed by atoms with Crippen molar-refractivity contribution < 1.29 is 14.7 Å². The largest absolute Gasteiger partial charge is 0.478 e. The highest BCUT2D eigenvalue weighted by molar-refractivity contribution is 5.98. The van der Waals surface area contributed by atoms with Crippen LogP contribution in [-0.4, -0.2) is 35.6 Å². The summed E-state index contributed by atoms with van der Waals surface area (Å²) in [5.74, 6) is -1.20. The van der Waals surface area contributed by atoms with Crippen LogP contribution in [0.15, 0.2) is 30.3 Å². The molecule has 1 aliphatic heterocycles. The summed E-state index contributed by atoms with van der Waals surface area (Å²) in [7, 11) is 0. The summed E-state index contributed by atoms with van der Waals surface area (Å²) in [5, 5.41) is 14.5. The number of nitrogens with one attached hydrogen (secondary N) is 2. The quantitative estimate of drug-likeness (QED) is 0.614. The van der Waals surface area contributed by atoms with Gasteiger partial charge in [0.05, 0.1) is 0 Å². The summed E-state index contributed by atoms with van der Waals surface area (Å²) in [4.78, 5) is 22.7. The zero-order valence-electron chi connectivity index (χ0n) is 11.6. The second kappa shape index (κ2) is 6.51. The van der Waals surface area contributed by atoms with Crippen LogP contribution in [0, 0.1) is 0 Å². The molecule has 5 N–H and O–H groups in total. The molecule has 6 nitrogen and oxygen atoms in total. The standard InChI is InChI=1S/C15H19N3O3/c16-15(8-1-9-17-10-15)14(21)18-12-5-2-11(3-6-12)4-7-13(19)20/h2-7,17H,1,8-10,16H2,(H,18,21)(H,19,20)/b7-4+. The summed E-state index contributed by atoms with van der Waals surface area (Å²) in [6.07, 6.45) is 4.09. The third-order valence-electron chi connectivity index (χ3n) is 3.46. The number of anilines is 1. The van der Waals surface area contributed by atoms with E-state index in [0.717, 1.165) is 24.6 Å². The van der Waals surface area contributed by atoms with Crippen LogP contribution < -0.4 is 16.4 Å². The molecule has 1 fully saturated rings. The number of piperidine rings is 1. The number of carboxylic acid groups (broad SMARTS) is 1. The summed E-state index contributed by atoms with van der Waals surface area (Å²) in [6, 6.07) is 6.91. The summed E-state index contributed by atoms with van der Waals surface area (Å²) in [5.41, 5.74) is 6.62. The second-order valence-corrected chi connectivity index (χ2v) is 5.18. The number of hydrogen-bond acceptors (Lipinski definition) is 4. The van der Waals surface area contributed by atoms with Gasteiger partial charge in [0.25, 0.3) is 0 Å². The maximum Gasteiger partial charge on any atom is 0.328 e. The molecule has 1 heterocycles. The summed E-state index contributed by atoms with van der Waals surface area (Å²) < 4.78 is 0. The van der Waals surface area contributed by atoms with E-state index in [2.05, 4.69) is 10.6 Å². The third kappa shape index (κ3) is 4.14. The Hall–Kier alpha value is -2.18. The van der Waals surface area contributed by atoms with E-state index in [-0.39, 0.29) is 5.91 Å². The topological polar surface area (TPSA) is 104 Å². The van der Waals surface area contributed by atoms with Crippen molar-refractivity contribution in [3.8, 4) is 0 Å². The van der Waals surface area contributed by atoms with Gasteiger partial charge in [0.2, 0.25) is 5.91 Å². The SMILES string of the molecule is NC1(C(=O)Nc2ccc(/C=C/C(=O)O)cc2)CCCNC1. The van der Waals surface area contributed by atoms with Gasteiger partial charge in [-0.1, -0.05) is 12.1 Å². The van der Waals surface area contributed by atoms with Gasteiger partial charge in [0, 0.05) is 18.3 Å². The monoisotopic (exact) mass is 289 g/mol. The fraction of sp³-hybridized carbons (Fsp3) is 0.333. The minimum atomic E-state index is -0.998. The maximum absolute atomic E-state index is 12.2. The number of carbonyl (C=O) groups excluding carboxylic acids is 1. The number of rotatable bonds is 4. The predicted molar refractivity (Wildman–Crippen MR) is 80.8 cm³/mol. The smallest absolute Gasteiger partial charge is 0.328 e. The van der Waals surface area contributed by atoms with Gasteiger partial charge < -0.3 is 21.5 Å². The van der Waals surface area contributed by atoms with Gasteiger partial charge in [0.15, 0.2) is 0 Å². The van der Waals surface area contributed by atoms with Gasteiger partial charge in [-0.05, 0) is 43.2 Å². The Labute approximate surface area is 123 Å². The molecule has 1 amide bonds. The average molecular weight is 289 g/mol. The molecule has 21 heavy (non-hydrogen) atoms. The van der Waals surface area contributed by atoms with Crippen molar-refractivity contribution in [3.63, 3.8) is 0 Å². The molecule has 0 bridgehead atoms. The molecule has 0 aliphatic carbocycles. The molecule has 1 aromatic carbocycles. The van der Waals surface area contributed by atoms with Crippen molar-refractivity contribution in [2.45, 2.75) is 18.4 Å². The Kier molecular flexibility index (Phi) is 4.72. The molecule has 0 saturated carbocycles. The minimum absolute atomic E-state index is 0.205. The normalized spacial score (nSPS) is 22.1. The molecular weight excluding hydrogens is 270 g/mol. The van der Waals surface area contributed by atoms with Crippen LogP contribution in [0.5, 0.6) is 0 Å². The molecule has 1 saturated heterocycles. The number of carboxylic acids is 1. The molecular formula is C15H19N3O3. The first-order valence-electron chi connectivity index (χ1n) is 6.82. The molecule has 0 aromatic heterocycles. The Morgan fingerprint density at radius 3 is 2.62 bits per heavy atom. The molecule has 1 aliphatic rings. The zero-order chi connectivity index (χ0) is 15.3. The van der Waals surface area contributed by atoms with Gasteiger partial charge in [-0.25, -0.2) is 4.79 Å². The predicted octanol–water partition coefficient (Wildman–Crippen LogP) is 0.804. The lowest BCUT2D eigenvalue weighted by Gasteiger charge is -2.32. The van der Waals surface area contributed by atoms with Crippen molar-refractivity contribution in [1.82, 2.24) is 5.32 Å². The van der Waals surface area contributed by atoms with Crippen molar-refractivity contribution in [2.75, 3.05) is 18.4 Å². The average Bonchev–Trinajstić information content (AvgIpc) is 2.47. The molecule has 6 heteroatoms. The number of nitrogens with two attached hydrogens (primary N) is 1. The first-order chi connectivity index (χ1) is 9.99. The van der Waals surface area contributed by atoms with E-state index in [1.54, 1.807) is 24.3 Å². The summed E-state index contributed by atoms with van der Waals surface area (Å²) in [6.45, 7) is 1.36. The number of benzene rings is 1. The van der Waals surface area contributed by atoms with E-state index in [0.29, 0.717) is 18.7 Å². The van der Waals surface area contributed by atoms with Crippen LogP contribution >= 0.6 is 0 Å². The fourth-order valence-electron chi connectivity index (χ4n) is 2.22. The van der Waals surface area contributed by atoms with Crippen molar-refractivity contribution in [3.05, 3.63) is 35.9 Å². The van der Waals surface area contributed by atoms with E-state index < -0.39 is 11.5 Å². The highest BCUT2D eigenvalue weighted by Crippen LogP contribution is 2.17. The number of hydrogen-bond donors (Lipinski definition) is 4. The van der Waals surface area contributed by atoms with Crippen LogP contribution in [0.1, 0.15) is 18.4 Å². The number of aliphatic carboxylic acids is 1. The Balaban J connectivity index is 1.99. The Morgan fingerprint density at radius 2 is 2.05 bits per heavy atom. The first-order valence-corrected chi connectivity index (χ1v) is 6.82. The third-order valence-corrected chi connectivity index (χ3v) is 3.46. The van der Waals surface area contributed by atoms with Crippen LogP contribution in [0.4, 0.5) is 5.69 Å². The van der Waals surface area contributed by atoms with Crippen molar-refractivity contribution in [2.24, 2.45) is 5.73 Å². The number of amides is 1. The first kappa shape index (κ1) is 15.2. The highest BCUT2D eigenvalue weighted by atomic mass is 16.4. The Bertz CT molecular complexity index is 546. The van der Waals surface area contributed by atoms with Gasteiger partial charge in [0.1, 0.15) is 5.54 Å². The van der Waals surface area contributed by atoms with Crippen molar-refractivity contribution >= 4 is 23.6 Å². The number of carbonyl (C=O) groups is 2. The van der Waals surface area contributed by atoms with Crippen molar-refractivity contribution in [1.29, 1.82) is 0 Å². The van der Waals surface area contributed by atoms with E-state index >= 15 is 0 Å². The van der Waals surface area contributed by atoms with E-state index in [4.69, 9.17) is 10.8 Å².